The molecule has 3 heteroatoms. The molecule has 0 bridgehead atoms. The molecule has 1 atom stereocenters. The molecule has 0 spiro atoms. The van der Waals surface area contributed by atoms with E-state index in [0.717, 1.165) is 25.7 Å². The topological polar surface area (TPSA) is 20.2 Å². The summed E-state index contributed by atoms with van der Waals surface area (Å²) < 4.78 is 13.0. The molecule has 16 heavy (non-hydrogen) atoms. The molecular weight excluding hydrogens is 227 g/mol. The molecule has 0 saturated heterocycles. The van der Waals surface area contributed by atoms with E-state index in [0.29, 0.717) is 17.0 Å². The van der Waals surface area contributed by atoms with Gasteiger partial charge in [-0.05, 0) is 36.6 Å². The van der Waals surface area contributed by atoms with Gasteiger partial charge in [0.1, 0.15) is 5.82 Å². The van der Waals surface area contributed by atoms with Gasteiger partial charge < -0.3 is 5.11 Å². The van der Waals surface area contributed by atoms with Crippen molar-refractivity contribution in [1.29, 1.82) is 0 Å². The van der Waals surface area contributed by atoms with E-state index >= 15 is 0 Å². The van der Waals surface area contributed by atoms with Crippen molar-refractivity contribution in [3.8, 4) is 0 Å². The van der Waals surface area contributed by atoms with E-state index in [2.05, 4.69) is 6.92 Å². The summed E-state index contributed by atoms with van der Waals surface area (Å²) in [5.41, 5.74) is 0.686. The van der Waals surface area contributed by atoms with Gasteiger partial charge in [-0.25, -0.2) is 4.39 Å². The lowest BCUT2D eigenvalue weighted by Crippen LogP contribution is -2.10. The summed E-state index contributed by atoms with van der Waals surface area (Å²) in [6.07, 6.45) is 4.01. The Bertz CT molecular complexity index is 328. The molecular formula is C13H18ClFO. The monoisotopic (exact) mass is 244 g/mol. The number of hydrogen-bond donors (Lipinski definition) is 1. The fraction of sp³-hybridized carbons (Fsp3) is 0.538. The highest BCUT2D eigenvalue weighted by molar-refractivity contribution is 6.31. The van der Waals surface area contributed by atoms with Crippen LogP contribution in [0.15, 0.2) is 18.2 Å². The molecule has 0 radical (unpaired) electrons. The van der Waals surface area contributed by atoms with Crippen molar-refractivity contribution < 1.29 is 9.50 Å². The number of aliphatic hydroxyl groups is 1. The number of hydrogen-bond acceptors (Lipinski definition) is 1. The van der Waals surface area contributed by atoms with E-state index in [1.807, 2.05) is 0 Å². The van der Waals surface area contributed by atoms with Crippen LogP contribution in [0.2, 0.25) is 5.02 Å². The Morgan fingerprint density at radius 3 is 2.81 bits per heavy atom. The van der Waals surface area contributed by atoms with Crippen LogP contribution >= 0.6 is 11.6 Å². The van der Waals surface area contributed by atoms with Gasteiger partial charge in [0.25, 0.3) is 0 Å². The van der Waals surface area contributed by atoms with Crippen LogP contribution < -0.4 is 0 Å². The van der Waals surface area contributed by atoms with Crippen LogP contribution in [0, 0.1) is 5.82 Å². The lowest BCUT2D eigenvalue weighted by Gasteiger charge is -2.11. The summed E-state index contributed by atoms with van der Waals surface area (Å²) in [6.45, 7) is 2.12. The van der Waals surface area contributed by atoms with Gasteiger partial charge >= 0.3 is 0 Å². The largest absolute Gasteiger partial charge is 0.393 e. The lowest BCUT2D eigenvalue weighted by molar-refractivity contribution is 0.161. The van der Waals surface area contributed by atoms with Crippen LogP contribution in [0.4, 0.5) is 4.39 Å². The van der Waals surface area contributed by atoms with Gasteiger partial charge in [0.15, 0.2) is 0 Å². The van der Waals surface area contributed by atoms with Gasteiger partial charge in [-0.2, -0.15) is 0 Å². The first kappa shape index (κ1) is 13.5. The van der Waals surface area contributed by atoms with Crippen molar-refractivity contribution in [2.45, 2.75) is 45.1 Å². The summed E-state index contributed by atoms with van der Waals surface area (Å²) in [5.74, 6) is -0.305. The minimum Gasteiger partial charge on any atom is -0.393 e. The lowest BCUT2D eigenvalue weighted by atomic mass is 10.0. The fourth-order valence-electron chi connectivity index (χ4n) is 1.69. The number of rotatable bonds is 6. The van der Waals surface area contributed by atoms with Gasteiger partial charge in [-0.1, -0.05) is 37.8 Å². The van der Waals surface area contributed by atoms with Crippen LogP contribution in [0.3, 0.4) is 0 Å². The third kappa shape index (κ3) is 4.50. The maximum atomic E-state index is 13.0. The Balaban J connectivity index is 2.48. The smallest absolute Gasteiger partial charge is 0.123 e. The van der Waals surface area contributed by atoms with Crippen molar-refractivity contribution >= 4 is 11.6 Å². The maximum Gasteiger partial charge on any atom is 0.123 e. The predicted molar refractivity (Wildman–Crippen MR) is 65.3 cm³/mol. The highest BCUT2D eigenvalue weighted by Gasteiger charge is 2.09. The van der Waals surface area contributed by atoms with Gasteiger partial charge in [-0.15, -0.1) is 0 Å². The van der Waals surface area contributed by atoms with Crippen LogP contribution in [0.25, 0.3) is 0 Å². The molecule has 0 aliphatic heterocycles. The molecule has 0 fully saturated rings. The van der Waals surface area contributed by atoms with Crippen molar-refractivity contribution in [3.63, 3.8) is 0 Å². The number of halogens is 2. The van der Waals surface area contributed by atoms with Crippen molar-refractivity contribution in [2.75, 3.05) is 0 Å². The first-order valence-electron chi connectivity index (χ1n) is 5.75. The minimum atomic E-state index is -0.425. The van der Waals surface area contributed by atoms with Crippen molar-refractivity contribution in [3.05, 3.63) is 34.6 Å². The predicted octanol–water partition coefficient (Wildman–Crippen LogP) is 3.96. The van der Waals surface area contributed by atoms with E-state index in [-0.39, 0.29) is 5.82 Å². The third-order valence-electron chi connectivity index (χ3n) is 2.60. The summed E-state index contributed by atoms with van der Waals surface area (Å²) >= 11 is 5.92. The first-order valence-corrected chi connectivity index (χ1v) is 6.13. The Hall–Kier alpha value is -0.600. The van der Waals surface area contributed by atoms with Gasteiger partial charge in [0.05, 0.1) is 6.10 Å². The molecule has 0 aromatic heterocycles. The molecule has 0 saturated carbocycles. The van der Waals surface area contributed by atoms with E-state index in [4.69, 9.17) is 11.6 Å². The molecule has 1 aromatic rings. The summed E-state index contributed by atoms with van der Waals surface area (Å²) in [7, 11) is 0. The highest BCUT2D eigenvalue weighted by atomic mass is 35.5. The zero-order chi connectivity index (χ0) is 12.0. The Morgan fingerprint density at radius 2 is 2.12 bits per heavy atom. The fourth-order valence-corrected chi connectivity index (χ4v) is 1.88. The molecule has 1 aromatic carbocycles. The Kier molecular flexibility index (Phi) is 5.78. The maximum absolute atomic E-state index is 13.0. The average Bonchev–Trinajstić information content (AvgIpc) is 2.24. The molecule has 0 heterocycles. The van der Waals surface area contributed by atoms with Crippen LogP contribution in [-0.2, 0) is 6.42 Å². The Labute approximate surface area is 101 Å². The van der Waals surface area contributed by atoms with Crippen LogP contribution in [0.5, 0.6) is 0 Å². The van der Waals surface area contributed by atoms with Gasteiger partial charge in [0, 0.05) is 5.02 Å². The summed E-state index contributed by atoms with van der Waals surface area (Å²) in [6, 6.07) is 4.26. The molecule has 90 valence electrons. The molecule has 1 N–H and O–H groups in total. The molecule has 1 nitrogen and oxygen atoms in total. The SMILES string of the molecule is CCCCCC(O)Cc1cc(F)ccc1Cl. The standard InChI is InChI=1S/C13H18ClFO/c1-2-3-4-5-12(16)9-10-8-11(15)6-7-13(10)14/h6-8,12,16H,2-5,9H2,1H3. The second-order valence-corrected chi connectivity index (χ2v) is 4.50. The molecule has 1 unspecified atom stereocenters. The Morgan fingerprint density at radius 1 is 1.38 bits per heavy atom. The molecule has 0 amide bonds. The van der Waals surface area contributed by atoms with E-state index in [1.165, 1.54) is 18.2 Å². The van der Waals surface area contributed by atoms with Crippen LogP contribution in [0.1, 0.15) is 38.2 Å². The quantitative estimate of drug-likeness (QED) is 0.751. The van der Waals surface area contributed by atoms with Crippen LogP contribution in [-0.4, -0.2) is 11.2 Å². The molecule has 0 aliphatic rings. The zero-order valence-electron chi connectivity index (χ0n) is 9.55. The van der Waals surface area contributed by atoms with Crippen molar-refractivity contribution in [1.82, 2.24) is 0 Å². The number of aliphatic hydroxyl groups excluding tert-OH is 1. The van der Waals surface area contributed by atoms with Gasteiger partial charge in [-0.3, -0.25) is 0 Å². The molecule has 0 aliphatic carbocycles. The van der Waals surface area contributed by atoms with E-state index < -0.39 is 6.10 Å². The second-order valence-electron chi connectivity index (χ2n) is 4.09. The first-order chi connectivity index (χ1) is 7.63. The highest BCUT2D eigenvalue weighted by Crippen LogP contribution is 2.20. The molecule has 1 rings (SSSR count). The van der Waals surface area contributed by atoms with E-state index in [9.17, 15) is 9.50 Å². The number of benzene rings is 1. The number of unbranched alkanes of at least 4 members (excludes halogenated alkanes) is 2. The minimum absolute atomic E-state index is 0.305. The van der Waals surface area contributed by atoms with E-state index in [1.54, 1.807) is 0 Å². The van der Waals surface area contributed by atoms with Crippen molar-refractivity contribution in [2.24, 2.45) is 0 Å². The summed E-state index contributed by atoms with van der Waals surface area (Å²) in [5, 5.41) is 10.3. The zero-order valence-corrected chi connectivity index (χ0v) is 10.3. The normalized spacial score (nSPS) is 12.8. The average molecular weight is 245 g/mol. The second kappa shape index (κ2) is 6.87. The third-order valence-corrected chi connectivity index (χ3v) is 2.97. The summed E-state index contributed by atoms with van der Waals surface area (Å²) in [4.78, 5) is 0. The van der Waals surface area contributed by atoms with Gasteiger partial charge in [0.2, 0.25) is 0 Å².